The van der Waals surface area contributed by atoms with Gasteiger partial charge in [-0.25, -0.2) is 9.59 Å². The van der Waals surface area contributed by atoms with Crippen molar-refractivity contribution in [3.63, 3.8) is 0 Å². The third-order valence-corrected chi connectivity index (χ3v) is 9.82. The van der Waals surface area contributed by atoms with Crippen molar-refractivity contribution < 1.29 is 68.4 Å². The van der Waals surface area contributed by atoms with Crippen molar-refractivity contribution in [1.29, 1.82) is 0 Å². The third-order valence-electron chi connectivity index (χ3n) is 9.82. The number of carboxylic acid groups (broad SMARTS) is 4. The fourth-order valence-electron chi connectivity index (χ4n) is 7.19. The molecule has 55 heavy (non-hydrogen) atoms. The van der Waals surface area contributed by atoms with Crippen molar-refractivity contribution in [3.8, 4) is 0 Å². The third kappa shape index (κ3) is 19.9. The summed E-state index contributed by atoms with van der Waals surface area (Å²) in [6, 6.07) is -4.21. The zero-order valence-corrected chi connectivity index (χ0v) is 36.2. The number of hydrogen-bond donors (Lipinski definition) is 6. The first kappa shape index (κ1) is 56.7. The fourth-order valence-corrected chi connectivity index (χ4v) is 7.19. The van der Waals surface area contributed by atoms with Gasteiger partial charge in [0.05, 0.1) is 51.3 Å². The molecule has 6 atom stereocenters. The van der Waals surface area contributed by atoms with Crippen LogP contribution in [-0.4, -0.2) is 179 Å². The van der Waals surface area contributed by atoms with Crippen molar-refractivity contribution in [3.05, 3.63) is 24.3 Å². The number of nitrogens with one attached hydrogen (secondary N) is 2. The standard InChI is InChI=1S/2C19H34N2O6.Ca/c2*1-4-7-8-9-10-17(23)20-11-12-21(13-14-22,15(5-2)18(24)25)16(6-3)19(26)27;/h2*9-10,15-16,22H,4-8,11-14H2,1-3H3,(H2-,20,23,24,25,26,27);/q;;+2/b2*10-9+;. The number of aliphatic carboxylic acids is 4. The van der Waals surface area contributed by atoms with Crippen LogP contribution in [-0.2, 0) is 28.8 Å². The molecule has 0 radical (unpaired) electrons. The zero-order valence-electron chi connectivity index (χ0n) is 34.0. The molecule has 16 nitrogen and oxygen atoms in total. The van der Waals surface area contributed by atoms with Gasteiger partial charge in [0.2, 0.25) is 11.8 Å². The summed E-state index contributed by atoms with van der Waals surface area (Å²) in [7, 11) is 0. The van der Waals surface area contributed by atoms with Crippen LogP contribution >= 0.6 is 0 Å². The molecule has 0 fully saturated rings. The first-order chi connectivity index (χ1) is 25.6. The Kier molecular flexibility index (Phi) is 33.5. The Bertz CT molecular complexity index is 1070. The molecule has 0 aromatic rings. The predicted molar refractivity (Wildman–Crippen MR) is 205 cm³/mol. The summed E-state index contributed by atoms with van der Waals surface area (Å²) in [4.78, 5) is 70.8. The molecule has 6 unspecified atom stereocenters. The largest absolute Gasteiger partial charge is 2.00 e. The molecule has 17 heteroatoms. The monoisotopic (exact) mass is 812 g/mol. The van der Waals surface area contributed by atoms with E-state index in [1.54, 1.807) is 39.8 Å². The molecular formula is C38H68CaN4O12+2. The number of carbonyl (C=O) groups excluding carboxylic acids is 4. The number of carboxylic acids is 4. The van der Waals surface area contributed by atoms with Crippen LogP contribution in [0, 0.1) is 0 Å². The van der Waals surface area contributed by atoms with Crippen LogP contribution in [0.5, 0.6) is 0 Å². The Balaban J connectivity index is -0.000000966. The van der Waals surface area contributed by atoms with E-state index in [1.807, 2.05) is 0 Å². The Morgan fingerprint density at radius 1 is 0.564 bits per heavy atom. The smallest absolute Gasteiger partial charge is 0.544 e. The summed E-state index contributed by atoms with van der Waals surface area (Å²) in [5.74, 6) is -5.57. The molecule has 0 aliphatic rings. The number of allylic oxidation sites excluding steroid dienone is 2. The van der Waals surface area contributed by atoms with Crippen molar-refractivity contribution >= 4 is 73.4 Å². The normalized spacial score (nSPS) is 15.6. The van der Waals surface area contributed by atoms with Gasteiger partial charge in [0.15, 0.2) is 12.1 Å². The second-order valence-electron chi connectivity index (χ2n) is 13.2. The summed E-state index contributed by atoms with van der Waals surface area (Å²) >= 11 is 0. The topological polar surface area (TPSA) is 254 Å². The first-order valence-corrected chi connectivity index (χ1v) is 19.3. The van der Waals surface area contributed by atoms with E-state index in [9.17, 15) is 59.4 Å². The first-order valence-electron chi connectivity index (χ1n) is 19.3. The molecule has 6 N–H and O–H groups in total. The number of aliphatic hydroxyl groups excluding tert-OH is 2. The van der Waals surface area contributed by atoms with E-state index in [0.29, 0.717) is 0 Å². The number of carbonyl (C=O) groups is 6. The maximum Gasteiger partial charge on any atom is 2.00 e. The van der Waals surface area contributed by atoms with E-state index in [4.69, 9.17) is 0 Å². The van der Waals surface area contributed by atoms with Crippen molar-refractivity contribution in [2.75, 3.05) is 52.5 Å². The van der Waals surface area contributed by atoms with Gasteiger partial charge in [0.25, 0.3) is 0 Å². The summed E-state index contributed by atoms with van der Waals surface area (Å²) in [5.41, 5.74) is 0. The maximum atomic E-state index is 11.9. The van der Waals surface area contributed by atoms with Gasteiger partial charge in [-0.15, -0.1) is 0 Å². The fraction of sp³-hybridized carbons (Fsp3) is 0.737. The summed E-state index contributed by atoms with van der Waals surface area (Å²) < 4.78 is -0.720. The van der Waals surface area contributed by atoms with Gasteiger partial charge >= 0.3 is 49.7 Å². The number of amides is 2. The second-order valence-corrected chi connectivity index (χ2v) is 13.2. The van der Waals surface area contributed by atoms with E-state index < -0.39 is 48.0 Å². The van der Waals surface area contributed by atoms with Gasteiger partial charge in [-0.2, -0.15) is 0 Å². The minimum atomic E-state index is -1.35. The molecule has 0 bridgehead atoms. The van der Waals surface area contributed by atoms with Crippen LogP contribution in [0.4, 0.5) is 0 Å². The molecule has 2 amide bonds. The number of hydrogen-bond acceptors (Lipinski definition) is 10. The van der Waals surface area contributed by atoms with E-state index in [0.717, 1.165) is 38.5 Å². The average molecular weight is 813 g/mol. The number of quaternary nitrogens is 2. The SMILES string of the molecule is CCCC/C=C/C(=O)NCC[N+](CCO)(C(CC)C(=O)[O-])C(CC)C(=O)O.CCCC/C=C/C(=O)NCC[N+](CCO)(C(CC)C(=O)[O-])C(CC)C(=O)O.[Ca+2]. The molecule has 0 saturated heterocycles. The summed E-state index contributed by atoms with van der Waals surface area (Å²) in [6.45, 7) is 10.3. The number of rotatable bonds is 30. The molecule has 0 aromatic heterocycles. The molecule has 312 valence electrons. The Morgan fingerprint density at radius 3 is 1.09 bits per heavy atom. The van der Waals surface area contributed by atoms with Gasteiger partial charge in [-0.3, -0.25) is 9.59 Å². The van der Waals surface area contributed by atoms with E-state index in [2.05, 4.69) is 24.5 Å². The molecule has 0 aliphatic carbocycles. The van der Waals surface area contributed by atoms with E-state index in [-0.39, 0.29) is 137 Å². The molecular weight excluding hydrogens is 745 g/mol. The van der Waals surface area contributed by atoms with Crippen LogP contribution in [0.1, 0.15) is 106 Å². The average Bonchev–Trinajstić information content (AvgIpc) is 3.09. The predicted octanol–water partition coefficient (Wildman–Crippen LogP) is -0.281. The Hall–Kier alpha value is -2.60. The van der Waals surface area contributed by atoms with Crippen LogP contribution in [0.15, 0.2) is 24.3 Å². The van der Waals surface area contributed by atoms with Crippen LogP contribution in [0.25, 0.3) is 0 Å². The minimum absolute atomic E-state index is 0. The molecule has 0 spiro atoms. The van der Waals surface area contributed by atoms with Gasteiger partial charge in [-0.05, 0) is 25.0 Å². The molecule has 0 heterocycles. The molecule has 0 aromatic carbocycles. The zero-order chi connectivity index (χ0) is 41.7. The molecule has 0 saturated carbocycles. The van der Waals surface area contributed by atoms with Gasteiger partial charge in [-0.1, -0.05) is 79.4 Å². The number of aliphatic hydroxyl groups is 2. The second kappa shape index (κ2) is 32.5. The summed E-state index contributed by atoms with van der Waals surface area (Å²) in [5, 5.41) is 67.0. The van der Waals surface area contributed by atoms with Crippen LogP contribution in [0.2, 0.25) is 0 Å². The van der Waals surface area contributed by atoms with Gasteiger partial charge < -0.3 is 59.8 Å². The summed E-state index contributed by atoms with van der Waals surface area (Å²) in [6.07, 6.45) is 12.8. The van der Waals surface area contributed by atoms with Crippen LogP contribution < -0.4 is 20.8 Å². The van der Waals surface area contributed by atoms with Gasteiger partial charge in [0, 0.05) is 25.7 Å². The number of nitrogens with zero attached hydrogens (tertiary/aromatic N) is 2. The van der Waals surface area contributed by atoms with Crippen LogP contribution in [0.3, 0.4) is 0 Å². The van der Waals surface area contributed by atoms with Crippen molar-refractivity contribution in [1.82, 2.24) is 10.6 Å². The van der Waals surface area contributed by atoms with Crippen molar-refractivity contribution in [2.24, 2.45) is 0 Å². The molecule has 0 rings (SSSR count). The van der Waals surface area contributed by atoms with E-state index >= 15 is 0 Å². The number of unbranched alkanes of at least 4 members (excludes halogenated alkanes) is 4. The quantitative estimate of drug-likeness (QED) is 0.0237. The maximum absolute atomic E-state index is 11.9. The van der Waals surface area contributed by atoms with E-state index in [1.165, 1.54) is 12.2 Å². The van der Waals surface area contributed by atoms with Crippen molar-refractivity contribution in [2.45, 2.75) is 130 Å². The minimum Gasteiger partial charge on any atom is -0.544 e. The van der Waals surface area contributed by atoms with Gasteiger partial charge in [0.1, 0.15) is 25.2 Å². The molecule has 0 aliphatic heterocycles. The Morgan fingerprint density at radius 2 is 0.873 bits per heavy atom. The Labute approximate surface area is 357 Å².